The minimum atomic E-state index is -0.0862. The molecule has 1 fully saturated rings. The fraction of sp³-hybridized carbons (Fsp3) is 0.385. The minimum Gasteiger partial charge on any atom is -0.504 e. The van der Waals surface area contributed by atoms with Crippen LogP contribution in [0.3, 0.4) is 0 Å². The number of phenolic OH excluding ortho intramolecular Hbond substituents is 2. The van der Waals surface area contributed by atoms with E-state index in [0.29, 0.717) is 0 Å². The molecule has 0 radical (unpaired) electrons. The van der Waals surface area contributed by atoms with Crippen molar-refractivity contribution in [3.05, 3.63) is 36.4 Å². The van der Waals surface area contributed by atoms with Gasteiger partial charge in [0.1, 0.15) is 0 Å². The van der Waals surface area contributed by atoms with Gasteiger partial charge in [0, 0.05) is 26.2 Å². The van der Waals surface area contributed by atoms with Crippen molar-refractivity contribution in [1.29, 1.82) is 0 Å². The molecule has 0 spiro atoms. The molecule has 1 aliphatic heterocycles. The van der Waals surface area contributed by atoms with Crippen molar-refractivity contribution in [2.75, 3.05) is 26.2 Å². The van der Waals surface area contributed by atoms with Gasteiger partial charge >= 0.3 is 0 Å². The Balaban J connectivity index is 0.00000162. The van der Waals surface area contributed by atoms with Crippen LogP contribution < -0.4 is 5.32 Å². The molecule has 6 heteroatoms. The first-order chi connectivity index (χ1) is 8.22. The van der Waals surface area contributed by atoms with Crippen LogP contribution in [-0.2, 0) is 0 Å². The monoisotopic (exact) mass is 306 g/mol. The highest BCUT2D eigenvalue weighted by Gasteiger charge is 2.20. The van der Waals surface area contributed by atoms with Crippen molar-refractivity contribution >= 4 is 24.8 Å². The molecule has 0 bridgehead atoms. The number of phenols is 2. The van der Waals surface area contributed by atoms with Crippen LogP contribution in [0.4, 0.5) is 0 Å². The fourth-order valence-corrected chi connectivity index (χ4v) is 2.18. The lowest BCUT2D eigenvalue weighted by Crippen LogP contribution is -2.44. The van der Waals surface area contributed by atoms with E-state index >= 15 is 0 Å². The van der Waals surface area contributed by atoms with E-state index in [2.05, 4.69) is 16.8 Å². The first kappa shape index (κ1) is 18.1. The summed E-state index contributed by atoms with van der Waals surface area (Å²) in [7, 11) is 0. The molecule has 4 nitrogen and oxygen atoms in total. The highest BCUT2D eigenvalue weighted by Crippen LogP contribution is 2.30. The molecule has 1 atom stereocenters. The second kappa shape index (κ2) is 8.27. The SMILES string of the molecule is C=C[C@H](c1ccc(O)c(O)c1)N1CCNCC1.Cl.Cl. The van der Waals surface area contributed by atoms with Gasteiger partial charge in [0.2, 0.25) is 0 Å². The number of nitrogens with zero attached hydrogens (tertiary/aromatic N) is 1. The summed E-state index contributed by atoms with van der Waals surface area (Å²) in [6, 6.07) is 5.03. The zero-order valence-electron chi connectivity index (χ0n) is 10.6. The van der Waals surface area contributed by atoms with E-state index < -0.39 is 0 Å². The van der Waals surface area contributed by atoms with E-state index in [9.17, 15) is 10.2 Å². The third kappa shape index (κ3) is 4.28. The molecule has 19 heavy (non-hydrogen) atoms. The highest BCUT2D eigenvalue weighted by molar-refractivity contribution is 5.85. The number of piperazine rings is 1. The molecule has 0 saturated carbocycles. The average Bonchev–Trinajstić information content (AvgIpc) is 2.36. The maximum absolute atomic E-state index is 9.53. The molecule has 0 aromatic heterocycles. The minimum absolute atomic E-state index is 0. The van der Waals surface area contributed by atoms with Crippen LogP contribution >= 0.6 is 24.8 Å². The van der Waals surface area contributed by atoms with Gasteiger partial charge in [-0.25, -0.2) is 0 Å². The summed E-state index contributed by atoms with van der Waals surface area (Å²) in [6.45, 7) is 7.71. The summed E-state index contributed by atoms with van der Waals surface area (Å²) in [4.78, 5) is 2.30. The van der Waals surface area contributed by atoms with E-state index in [1.807, 2.05) is 12.1 Å². The molecule has 1 saturated heterocycles. The number of hydrogen-bond acceptors (Lipinski definition) is 4. The predicted molar refractivity (Wildman–Crippen MR) is 81.6 cm³/mol. The van der Waals surface area contributed by atoms with Crippen LogP contribution in [0.15, 0.2) is 30.9 Å². The lowest BCUT2D eigenvalue weighted by atomic mass is 10.0. The van der Waals surface area contributed by atoms with Gasteiger partial charge in [-0.3, -0.25) is 4.90 Å². The van der Waals surface area contributed by atoms with Crippen molar-refractivity contribution in [1.82, 2.24) is 10.2 Å². The van der Waals surface area contributed by atoms with Crippen molar-refractivity contribution in [3.8, 4) is 11.5 Å². The summed E-state index contributed by atoms with van der Waals surface area (Å²) in [5.41, 5.74) is 0.956. The molecule has 1 heterocycles. The quantitative estimate of drug-likeness (QED) is 0.591. The molecule has 2 rings (SSSR count). The maximum Gasteiger partial charge on any atom is 0.157 e. The van der Waals surface area contributed by atoms with Crippen molar-refractivity contribution in [2.45, 2.75) is 6.04 Å². The van der Waals surface area contributed by atoms with E-state index in [1.165, 1.54) is 6.07 Å². The van der Waals surface area contributed by atoms with E-state index in [0.717, 1.165) is 31.7 Å². The van der Waals surface area contributed by atoms with Crippen molar-refractivity contribution < 1.29 is 10.2 Å². The van der Waals surface area contributed by atoms with Crippen molar-refractivity contribution in [3.63, 3.8) is 0 Å². The Morgan fingerprint density at radius 1 is 1.16 bits per heavy atom. The van der Waals surface area contributed by atoms with Crippen LogP contribution in [-0.4, -0.2) is 41.3 Å². The smallest absolute Gasteiger partial charge is 0.157 e. The molecule has 1 aliphatic rings. The molecule has 0 amide bonds. The van der Waals surface area contributed by atoms with E-state index in [1.54, 1.807) is 6.07 Å². The fourth-order valence-electron chi connectivity index (χ4n) is 2.18. The van der Waals surface area contributed by atoms with Gasteiger partial charge in [0.15, 0.2) is 11.5 Å². The van der Waals surface area contributed by atoms with Crippen LogP contribution in [0.5, 0.6) is 11.5 Å². The summed E-state index contributed by atoms with van der Waals surface area (Å²) in [6.07, 6.45) is 1.87. The van der Waals surface area contributed by atoms with Crippen LogP contribution in [0, 0.1) is 0 Å². The lowest BCUT2D eigenvalue weighted by molar-refractivity contribution is 0.203. The summed E-state index contributed by atoms with van der Waals surface area (Å²) >= 11 is 0. The Bertz CT molecular complexity index is 410. The molecule has 0 unspecified atom stereocenters. The maximum atomic E-state index is 9.53. The standard InChI is InChI=1S/C13H18N2O2.2ClH/c1-2-11(15-7-5-14-6-8-15)10-3-4-12(16)13(17)9-10;;/h2-4,9,11,14,16-17H,1,5-8H2;2*1H/t11-;;/m1../s1. The average molecular weight is 307 g/mol. The lowest BCUT2D eigenvalue weighted by Gasteiger charge is -2.33. The summed E-state index contributed by atoms with van der Waals surface area (Å²) in [5.74, 6) is -0.165. The molecular weight excluding hydrogens is 287 g/mol. The molecule has 3 N–H and O–H groups in total. The topological polar surface area (TPSA) is 55.7 Å². The molecular formula is C13H20Cl2N2O2. The molecule has 1 aromatic rings. The number of aromatic hydroxyl groups is 2. The number of rotatable bonds is 3. The van der Waals surface area contributed by atoms with Gasteiger partial charge in [-0.1, -0.05) is 12.1 Å². The van der Waals surface area contributed by atoms with Crippen LogP contribution in [0.25, 0.3) is 0 Å². The first-order valence-electron chi connectivity index (χ1n) is 5.81. The number of halogens is 2. The van der Waals surface area contributed by atoms with Gasteiger partial charge in [0.25, 0.3) is 0 Å². The van der Waals surface area contributed by atoms with Crippen molar-refractivity contribution in [2.24, 2.45) is 0 Å². The largest absolute Gasteiger partial charge is 0.504 e. The summed E-state index contributed by atoms with van der Waals surface area (Å²) < 4.78 is 0. The van der Waals surface area contributed by atoms with Gasteiger partial charge in [-0.05, 0) is 17.7 Å². The Hall–Kier alpha value is -0.940. The highest BCUT2D eigenvalue weighted by atomic mass is 35.5. The molecule has 108 valence electrons. The summed E-state index contributed by atoms with van der Waals surface area (Å²) in [5, 5.41) is 22.1. The van der Waals surface area contributed by atoms with Crippen LogP contribution in [0.2, 0.25) is 0 Å². The van der Waals surface area contributed by atoms with E-state index in [-0.39, 0.29) is 42.4 Å². The zero-order valence-corrected chi connectivity index (χ0v) is 12.2. The number of hydrogen-bond donors (Lipinski definition) is 3. The third-order valence-electron chi connectivity index (χ3n) is 3.11. The zero-order chi connectivity index (χ0) is 12.3. The number of nitrogens with one attached hydrogen (secondary N) is 1. The Morgan fingerprint density at radius 2 is 1.79 bits per heavy atom. The number of benzene rings is 1. The Morgan fingerprint density at radius 3 is 2.32 bits per heavy atom. The van der Waals surface area contributed by atoms with E-state index in [4.69, 9.17) is 0 Å². The third-order valence-corrected chi connectivity index (χ3v) is 3.11. The normalized spacial score (nSPS) is 16.8. The van der Waals surface area contributed by atoms with Gasteiger partial charge in [-0.15, -0.1) is 31.4 Å². The predicted octanol–water partition coefficient (Wildman–Crippen LogP) is 2.07. The molecule has 0 aliphatic carbocycles. The van der Waals surface area contributed by atoms with Gasteiger partial charge < -0.3 is 15.5 Å². The van der Waals surface area contributed by atoms with Gasteiger partial charge in [0.05, 0.1) is 6.04 Å². The van der Waals surface area contributed by atoms with Crippen LogP contribution in [0.1, 0.15) is 11.6 Å². The Kier molecular flexibility index (Phi) is 7.87. The Labute approximate surface area is 125 Å². The molecule has 1 aromatic carbocycles. The second-order valence-corrected chi connectivity index (χ2v) is 4.21. The second-order valence-electron chi connectivity index (χ2n) is 4.21. The van der Waals surface area contributed by atoms with Gasteiger partial charge in [-0.2, -0.15) is 0 Å². The first-order valence-corrected chi connectivity index (χ1v) is 5.81.